The number of ether oxygens (including phenoxy) is 1. The fourth-order valence-electron chi connectivity index (χ4n) is 3.80. The minimum Gasteiger partial charge on any atom is -0.494 e. The molecule has 0 bridgehead atoms. The van der Waals surface area contributed by atoms with Crippen LogP contribution in [0.4, 0.5) is 14.6 Å². The van der Waals surface area contributed by atoms with E-state index in [1.807, 2.05) is 0 Å². The molecule has 1 unspecified atom stereocenters. The number of methoxy groups -OCH3 is 1. The maximum Gasteiger partial charge on any atom is 0.254 e. The van der Waals surface area contributed by atoms with Crippen molar-refractivity contribution >= 4 is 11.6 Å². The Bertz CT molecular complexity index is 1000. The summed E-state index contributed by atoms with van der Waals surface area (Å²) in [5.41, 5.74) is 1.25. The minimum atomic E-state index is -0.620. The van der Waals surface area contributed by atoms with E-state index in [1.165, 1.54) is 13.4 Å². The van der Waals surface area contributed by atoms with Crippen molar-refractivity contribution < 1.29 is 13.5 Å². The van der Waals surface area contributed by atoms with Gasteiger partial charge in [-0.25, -0.2) is 13.8 Å². The highest BCUT2D eigenvalue weighted by molar-refractivity contribution is 5.80. The summed E-state index contributed by atoms with van der Waals surface area (Å²) in [6.07, 6.45) is 3.59. The van der Waals surface area contributed by atoms with Gasteiger partial charge < -0.3 is 9.64 Å². The molecule has 2 aromatic heterocycles. The van der Waals surface area contributed by atoms with Crippen LogP contribution in [0.2, 0.25) is 0 Å². The molecule has 1 aliphatic heterocycles. The molecule has 1 fully saturated rings. The van der Waals surface area contributed by atoms with E-state index >= 15 is 0 Å². The maximum atomic E-state index is 14.9. The lowest BCUT2D eigenvalue weighted by Gasteiger charge is -2.34. The van der Waals surface area contributed by atoms with E-state index in [0.29, 0.717) is 28.8 Å². The smallest absolute Gasteiger partial charge is 0.254 e. The standard InChI is InChI=1S/C19H21F2N5O/c1-11-5-4-6-25(9-11)18-17(12(2)24-19-22-10-23-26(18)19)13-7-15(21)16(27-3)8-14(13)20/h7-8,10-11H,4-6,9H2,1-3H3. The van der Waals surface area contributed by atoms with Crippen LogP contribution in [0.15, 0.2) is 18.5 Å². The third kappa shape index (κ3) is 2.98. The lowest BCUT2D eigenvalue weighted by atomic mass is 9.98. The van der Waals surface area contributed by atoms with Crippen LogP contribution in [0.5, 0.6) is 5.75 Å². The molecule has 1 saturated heterocycles. The van der Waals surface area contributed by atoms with Gasteiger partial charge in [-0.15, -0.1) is 0 Å². The molecule has 1 aromatic carbocycles. The predicted octanol–water partition coefficient (Wildman–Crippen LogP) is 3.62. The number of rotatable bonds is 3. The largest absolute Gasteiger partial charge is 0.494 e. The van der Waals surface area contributed by atoms with Crippen LogP contribution in [0, 0.1) is 24.5 Å². The van der Waals surface area contributed by atoms with Crippen molar-refractivity contribution in [3.63, 3.8) is 0 Å². The van der Waals surface area contributed by atoms with Gasteiger partial charge in [-0.05, 0) is 31.7 Å². The monoisotopic (exact) mass is 373 g/mol. The number of anilines is 1. The molecule has 0 amide bonds. The molecule has 6 nitrogen and oxygen atoms in total. The van der Waals surface area contributed by atoms with Gasteiger partial charge in [0.15, 0.2) is 11.6 Å². The van der Waals surface area contributed by atoms with Gasteiger partial charge in [0, 0.05) is 30.3 Å². The Balaban J connectivity index is 1.99. The van der Waals surface area contributed by atoms with Crippen LogP contribution in [0.3, 0.4) is 0 Å². The molecule has 1 aliphatic rings. The number of hydrogen-bond donors (Lipinski definition) is 0. The van der Waals surface area contributed by atoms with E-state index in [9.17, 15) is 8.78 Å². The lowest BCUT2D eigenvalue weighted by molar-refractivity contribution is 0.383. The Labute approximate surface area is 155 Å². The molecular formula is C19H21F2N5O. The van der Waals surface area contributed by atoms with Gasteiger partial charge in [-0.2, -0.15) is 14.6 Å². The van der Waals surface area contributed by atoms with E-state index in [0.717, 1.165) is 38.1 Å². The number of hydrogen-bond acceptors (Lipinski definition) is 5. The number of benzene rings is 1. The molecule has 3 aromatic rings. The average molecular weight is 373 g/mol. The normalized spacial score (nSPS) is 17.5. The van der Waals surface area contributed by atoms with Crippen LogP contribution in [0.1, 0.15) is 25.5 Å². The Kier molecular flexibility index (Phi) is 4.41. The SMILES string of the molecule is COc1cc(F)c(-c2c(C)nc3ncnn3c2N2CCCC(C)C2)cc1F. The van der Waals surface area contributed by atoms with Crippen molar-refractivity contribution in [1.29, 1.82) is 0 Å². The highest BCUT2D eigenvalue weighted by Crippen LogP contribution is 2.38. The van der Waals surface area contributed by atoms with Crippen LogP contribution < -0.4 is 9.64 Å². The number of piperidine rings is 1. The number of halogens is 2. The summed E-state index contributed by atoms with van der Waals surface area (Å²) < 4.78 is 35.8. The van der Waals surface area contributed by atoms with Crippen molar-refractivity contribution in [3.05, 3.63) is 35.8 Å². The zero-order chi connectivity index (χ0) is 19.1. The second kappa shape index (κ2) is 6.75. The number of nitrogens with zero attached hydrogens (tertiary/aromatic N) is 5. The first-order chi connectivity index (χ1) is 13.0. The van der Waals surface area contributed by atoms with Crippen molar-refractivity contribution in [2.75, 3.05) is 25.1 Å². The van der Waals surface area contributed by atoms with Crippen LogP contribution >= 0.6 is 0 Å². The van der Waals surface area contributed by atoms with E-state index in [1.54, 1.807) is 11.4 Å². The topological polar surface area (TPSA) is 55.6 Å². The molecule has 0 radical (unpaired) electrons. The summed E-state index contributed by atoms with van der Waals surface area (Å²) in [4.78, 5) is 10.8. The first kappa shape index (κ1) is 17.6. The molecule has 3 heterocycles. The van der Waals surface area contributed by atoms with Crippen molar-refractivity contribution in [2.45, 2.75) is 26.7 Å². The molecule has 0 spiro atoms. The summed E-state index contributed by atoms with van der Waals surface area (Å²) in [6.45, 7) is 5.59. The van der Waals surface area contributed by atoms with Gasteiger partial charge in [0.05, 0.1) is 12.8 Å². The first-order valence-electron chi connectivity index (χ1n) is 8.98. The molecule has 142 valence electrons. The second-order valence-electron chi connectivity index (χ2n) is 7.03. The van der Waals surface area contributed by atoms with Crippen LogP contribution in [-0.2, 0) is 0 Å². The maximum absolute atomic E-state index is 14.9. The molecular weight excluding hydrogens is 352 g/mol. The number of aryl methyl sites for hydroxylation is 1. The van der Waals surface area contributed by atoms with Gasteiger partial charge in [-0.3, -0.25) is 0 Å². The average Bonchev–Trinajstić information content (AvgIpc) is 3.10. The molecule has 0 aliphatic carbocycles. The molecule has 8 heteroatoms. The van der Waals surface area contributed by atoms with E-state index in [-0.39, 0.29) is 11.3 Å². The van der Waals surface area contributed by atoms with Crippen molar-refractivity contribution in [1.82, 2.24) is 19.6 Å². The lowest BCUT2D eigenvalue weighted by Crippen LogP contribution is -2.36. The third-order valence-corrected chi connectivity index (χ3v) is 5.05. The van der Waals surface area contributed by atoms with Gasteiger partial charge in [0.2, 0.25) is 0 Å². The fourth-order valence-corrected chi connectivity index (χ4v) is 3.80. The summed E-state index contributed by atoms with van der Waals surface area (Å²) in [6, 6.07) is 2.23. The Hall–Kier alpha value is -2.77. The second-order valence-corrected chi connectivity index (χ2v) is 7.03. The van der Waals surface area contributed by atoms with Crippen LogP contribution in [0.25, 0.3) is 16.9 Å². The zero-order valence-electron chi connectivity index (χ0n) is 15.5. The van der Waals surface area contributed by atoms with Crippen molar-refractivity contribution in [2.24, 2.45) is 5.92 Å². The van der Waals surface area contributed by atoms with Gasteiger partial charge in [-0.1, -0.05) is 6.92 Å². The molecule has 1 atom stereocenters. The van der Waals surface area contributed by atoms with Crippen molar-refractivity contribution in [3.8, 4) is 16.9 Å². The highest BCUT2D eigenvalue weighted by atomic mass is 19.1. The van der Waals surface area contributed by atoms with E-state index < -0.39 is 11.6 Å². The van der Waals surface area contributed by atoms with Crippen LogP contribution in [-0.4, -0.2) is 39.8 Å². The molecule has 0 saturated carbocycles. The number of fused-ring (bicyclic) bond motifs is 1. The molecule has 0 N–H and O–H groups in total. The minimum absolute atomic E-state index is 0.128. The Morgan fingerprint density at radius 2 is 2.04 bits per heavy atom. The number of aromatic nitrogens is 4. The summed E-state index contributed by atoms with van der Waals surface area (Å²) >= 11 is 0. The van der Waals surface area contributed by atoms with Gasteiger partial charge in [0.25, 0.3) is 5.78 Å². The third-order valence-electron chi connectivity index (χ3n) is 5.05. The van der Waals surface area contributed by atoms with Gasteiger partial charge >= 0.3 is 0 Å². The summed E-state index contributed by atoms with van der Waals surface area (Å²) in [7, 11) is 1.31. The first-order valence-corrected chi connectivity index (χ1v) is 8.98. The summed E-state index contributed by atoms with van der Waals surface area (Å²) in [5.74, 6) is 0.325. The highest BCUT2D eigenvalue weighted by Gasteiger charge is 2.27. The van der Waals surface area contributed by atoms with Gasteiger partial charge in [0.1, 0.15) is 18.0 Å². The van der Waals surface area contributed by atoms with E-state index in [4.69, 9.17) is 4.74 Å². The quantitative estimate of drug-likeness (QED) is 0.702. The van der Waals surface area contributed by atoms with E-state index in [2.05, 4.69) is 26.9 Å². The fraction of sp³-hybridized carbons (Fsp3) is 0.421. The Morgan fingerprint density at radius 1 is 1.22 bits per heavy atom. The summed E-state index contributed by atoms with van der Waals surface area (Å²) in [5, 5.41) is 4.29. The molecule has 4 rings (SSSR count). The zero-order valence-corrected chi connectivity index (χ0v) is 15.5. The molecule has 27 heavy (non-hydrogen) atoms. The predicted molar refractivity (Wildman–Crippen MR) is 98.0 cm³/mol. The Morgan fingerprint density at radius 3 is 2.78 bits per heavy atom.